The van der Waals surface area contributed by atoms with Crippen molar-refractivity contribution in [2.45, 2.75) is 45.2 Å². The first-order valence-corrected chi connectivity index (χ1v) is 13.1. The molecule has 1 aliphatic carbocycles. The normalized spacial score (nSPS) is 17.7. The van der Waals surface area contributed by atoms with Crippen LogP contribution in [-0.2, 0) is 13.1 Å². The van der Waals surface area contributed by atoms with Gasteiger partial charge < -0.3 is 20.4 Å². The van der Waals surface area contributed by atoms with E-state index in [0.717, 1.165) is 38.0 Å². The van der Waals surface area contributed by atoms with Gasteiger partial charge in [0.2, 0.25) is 0 Å². The van der Waals surface area contributed by atoms with E-state index in [1.165, 1.54) is 69.4 Å². The van der Waals surface area contributed by atoms with Crippen LogP contribution in [0.15, 0.2) is 60.7 Å². The number of unbranched alkanes of at least 4 members (excludes halogenated alkanes) is 2. The number of nitrogens with zero attached hydrogens (tertiary/aromatic N) is 2. The van der Waals surface area contributed by atoms with Gasteiger partial charge in [-0.15, -0.1) is 0 Å². The van der Waals surface area contributed by atoms with E-state index in [0.29, 0.717) is 0 Å². The topological polar surface area (TPSA) is 30.5 Å². The Kier molecular flexibility index (Phi) is 12.0. The first-order valence-electron chi connectivity index (χ1n) is 13.1. The summed E-state index contributed by atoms with van der Waals surface area (Å²) < 4.78 is 0. The molecule has 0 saturated heterocycles. The van der Waals surface area contributed by atoms with E-state index in [4.69, 9.17) is 0 Å². The third kappa shape index (κ3) is 11.3. The van der Waals surface area contributed by atoms with Gasteiger partial charge in [0, 0.05) is 19.6 Å². The smallest absolute Gasteiger partial charge is 0.0230 e. The maximum Gasteiger partial charge on any atom is 0.0230 e. The van der Waals surface area contributed by atoms with Gasteiger partial charge >= 0.3 is 0 Å². The Bertz CT molecular complexity index is 736. The first kappa shape index (κ1) is 25.9. The molecule has 3 rings (SSSR count). The fourth-order valence-corrected chi connectivity index (χ4v) is 4.63. The highest BCUT2D eigenvalue weighted by Gasteiger charge is 2.36. The molecular weight excluding hydrogens is 404 g/mol. The van der Waals surface area contributed by atoms with Crippen LogP contribution < -0.4 is 10.6 Å². The minimum Gasteiger partial charge on any atom is -0.316 e. The minimum absolute atomic E-state index is 0.903. The quantitative estimate of drug-likeness (QED) is 0.324. The van der Waals surface area contributed by atoms with Gasteiger partial charge in [0.1, 0.15) is 0 Å². The summed E-state index contributed by atoms with van der Waals surface area (Å²) in [4.78, 5) is 5.00. The first-order chi connectivity index (χ1) is 16.2. The van der Waals surface area contributed by atoms with E-state index >= 15 is 0 Å². The van der Waals surface area contributed by atoms with Crippen molar-refractivity contribution in [3.8, 4) is 0 Å². The molecule has 33 heavy (non-hydrogen) atoms. The van der Waals surface area contributed by atoms with Crippen molar-refractivity contribution in [1.82, 2.24) is 20.4 Å². The fourth-order valence-electron chi connectivity index (χ4n) is 4.63. The van der Waals surface area contributed by atoms with Gasteiger partial charge in [0.25, 0.3) is 0 Å². The molecule has 1 fully saturated rings. The van der Waals surface area contributed by atoms with Crippen LogP contribution in [0.1, 0.15) is 43.2 Å². The molecule has 2 atom stereocenters. The van der Waals surface area contributed by atoms with Crippen molar-refractivity contribution >= 4 is 0 Å². The van der Waals surface area contributed by atoms with Gasteiger partial charge in [-0.1, -0.05) is 60.7 Å². The Labute approximate surface area is 202 Å². The van der Waals surface area contributed by atoms with E-state index in [1.807, 2.05) is 0 Å². The van der Waals surface area contributed by atoms with Gasteiger partial charge in [0.05, 0.1) is 0 Å². The lowest BCUT2D eigenvalue weighted by molar-refractivity contribution is 0.280. The Balaban J connectivity index is 1.10. The average molecular weight is 451 g/mol. The second kappa shape index (κ2) is 15.2. The van der Waals surface area contributed by atoms with E-state index in [2.05, 4.69) is 95.2 Å². The Morgan fingerprint density at radius 1 is 0.697 bits per heavy atom. The lowest BCUT2D eigenvalue weighted by Gasteiger charge is -2.19. The van der Waals surface area contributed by atoms with Gasteiger partial charge in [-0.05, 0) is 102 Å². The molecule has 0 radical (unpaired) electrons. The molecule has 2 N–H and O–H groups in total. The largest absolute Gasteiger partial charge is 0.316 e. The summed E-state index contributed by atoms with van der Waals surface area (Å²) in [7, 11) is 4.54. The van der Waals surface area contributed by atoms with Crippen LogP contribution in [0.5, 0.6) is 0 Å². The van der Waals surface area contributed by atoms with E-state index in [9.17, 15) is 0 Å². The van der Waals surface area contributed by atoms with Crippen molar-refractivity contribution in [2.75, 3.05) is 53.4 Å². The molecule has 1 saturated carbocycles. The summed E-state index contributed by atoms with van der Waals surface area (Å²) in [6.07, 6.45) is 6.50. The molecule has 4 heteroatoms. The van der Waals surface area contributed by atoms with Crippen LogP contribution in [0.25, 0.3) is 0 Å². The summed E-state index contributed by atoms with van der Waals surface area (Å²) in [6, 6.07) is 21.4. The molecule has 1 aliphatic rings. The van der Waals surface area contributed by atoms with Crippen LogP contribution in [0.2, 0.25) is 0 Å². The monoisotopic (exact) mass is 450 g/mol. The minimum atomic E-state index is 0.903. The predicted molar refractivity (Wildman–Crippen MR) is 141 cm³/mol. The molecular formula is C29H46N4. The summed E-state index contributed by atoms with van der Waals surface area (Å²) in [5.74, 6) is 1.82. The number of nitrogens with one attached hydrogen (secondary N) is 2. The van der Waals surface area contributed by atoms with Crippen LogP contribution in [-0.4, -0.2) is 63.2 Å². The van der Waals surface area contributed by atoms with Crippen molar-refractivity contribution in [3.05, 3.63) is 71.8 Å². The molecule has 0 amide bonds. The van der Waals surface area contributed by atoms with Crippen LogP contribution in [0, 0.1) is 11.8 Å². The molecule has 182 valence electrons. The number of hydrogen-bond acceptors (Lipinski definition) is 4. The third-order valence-corrected chi connectivity index (χ3v) is 6.78. The molecule has 2 unspecified atom stereocenters. The molecule has 4 nitrogen and oxygen atoms in total. The van der Waals surface area contributed by atoms with Crippen molar-refractivity contribution in [1.29, 1.82) is 0 Å². The molecule has 0 bridgehead atoms. The standard InChI is InChI=1S/C29H46N4/c1-32(24-27-15-7-4-8-16-27)19-11-12-20-33(2)25-29-21-28(29)23-31-18-10-9-17-30-22-26-13-5-3-6-14-26/h3-8,13-16,28-31H,9-12,17-25H2,1-2H3. The summed E-state index contributed by atoms with van der Waals surface area (Å²) >= 11 is 0. The SMILES string of the molecule is CN(CCCCN(C)CC1CC1CNCCCCNCc1ccccc1)Cc1ccccc1. The Hall–Kier alpha value is -1.72. The molecule has 0 heterocycles. The number of benzene rings is 2. The van der Waals surface area contributed by atoms with Crippen molar-refractivity contribution < 1.29 is 0 Å². The number of hydrogen-bond donors (Lipinski definition) is 2. The highest BCUT2D eigenvalue weighted by atomic mass is 15.1. The van der Waals surface area contributed by atoms with Crippen LogP contribution >= 0.6 is 0 Å². The maximum atomic E-state index is 3.69. The second-order valence-electron chi connectivity index (χ2n) is 10.0. The van der Waals surface area contributed by atoms with E-state index in [1.54, 1.807) is 0 Å². The summed E-state index contributed by atoms with van der Waals surface area (Å²) in [5.41, 5.74) is 2.78. The second-order valence-corrected chi connectivity index (χ2v) is 10.0. The molecule has 0 spiro atoms. The third-order valence-electron chi connectivity index (χ3n) is 6.78. The van der Waals surface area contributed by atoms with Gasteiger partial charge in [-0.2, -0.15) is 0 Å². The Morgan fingerprint density at radius 2 is 1.30 bits per heavy atom. The summed E-state index contributed by atoms with van der Waals surface area (Å²) in [5, 5.41) is 7.24. The summed E-state index contributed by atoms with van der Waals surface area (Å²) in [6.45, 7) is 9.19. The predicted octanol–water partition coefficient (Wildman–Crippen LogP) is 4.63. The molecule has 2 aromatic rings. The maximum absolute atomic E-state index is 3.69. The molecule has 0 aliphatic heterocycles. The van der Waals surface area contributed by atoms with E-state index in [-0.39, 0.29) is 0 Å². The van der Waals surface area contributed by atoms with Gasteiger partial charge in [-0.3, -0.25) is 0 Å². The van der Waals surface area contributed by atoms with E-state index < -0.39 is 0 Å². The van der Waals surface area contributed by atoms with Crippen LogP contribution in [0.3, 0.4) is 0 Å². The fraction of sp³-hybridized carbons (Fsp3) is 0.586. The highest BCUT2D eigenvalue weighted by molar-refractivity contribution is 5.14. The van der Waals surface area contributed by atoms with Gasteiger partial charge in [-0.25, -0.2) is 0 Å². The highest BCUT2D eigenvalue weighted by Crippen LogP contribution is 2.38. The number of rotatable bonds is 18. The molecule has 2 aromatic carbocycles. The van der Waals surface area contributed by atoms with Gasteiger partial charge in [0.15, 0.2) is 0 Å². The lowest BCUT2D eigenvalue weighted by Crippen LogP contribution is -2.26. The zero-order valence-electron chi connectivity index (χ0n) is 21.0. The molecule has 0 aromatic heterocycles. The zero-order valence-corrected chi connectivity index (χ0v) is 21.0. The van der Waals surface area contributed by atoms with Crippen molar-refractivity contribution in [3.63, 3.8) is 0 Å². The Morgan fingerprint density at radius 3 is 2.00 bits per heavy atom. The lowest BCUT2D eigenvalue weighted by atomic mass is 10.2. The van der Waals surface area contributed by atoms with Crippen LogP contribution in [0.4, 0.5) is 0 Å². The average Bonchev–Trinajstić information content (AvgIpc) is 3.57. The zero-order chi connectivity index (χ0) is 23.1. The van der Waals surface area contributed by atoms with Crippen molar-refractivity contribution in [2.24, 2.45) is 11.8 Å².